The number of carboxylic acids is 1. The molecule has 1 fully saturated rings. The first-order valence-corrected chi connectivity index (χ1v) is 7.04. The molecule has 0 saturated carbocycles. The van der Waals surface area contributed by atoms with Gasteiger partial charge >= 0.3 is 5.97 Å². The number of β-lactam (4-membered cyclic amide) rings is 1. The molecule has 0 aromatic heterocycles. The number of fused-ring (bicyclic) bond motifs is 1. The van der Waals surface area contributed by atoms with E-state index in [2.05, 4.69) is 5.32 Å². The average Bonchev–Trinajstić information content (AvgIpc) is 2.34. The summed E-state index contributed by atoms with van der Waals surface area (Å²) in [5, 5.41) is 11.2. The minimum absolute atomic E-state index is 0.00387. The summed E-state index contributed by atoms with van der Waals surface area (Å²) >= 11 is 1.40. The van der Waals surface area contributed by atoms with E-state index in [1.165, 1.54) is 23.6 Å². The fourth-order valence-electron chi connectivity index (χ4n) is 2.23. The highest BCUT2D eigenvalue weighted by Crippen LogP contribution is 2.40. The number of hydrogen-bond acceptors (Lipinski definition) is 5. The van der Waals surface area contributed by atoms with E-state index in [1.807, 2.05) is 0 Å². The Morgan fingerprint density at radius 1 is 1.45 bits per heavy atom. The lowest BCUT2D eigenvalue weighted by atomic mass is 10.0. The molecule has 108 valence electrons. The number of thioether (sulfide) groups is 1. The molecule has 0 aromatic carbocycles. The van der Waals surface area contributed by atoms with Crippen molar-refractivity contribution in [3.8, 4) is 0 Å². The third kappa shape index (κ3) is 2.43. The van der Waals surface area contributed by atoms with Crippen LogP contribution in [0, 0.1) is 0 Å². The van der Waals surface area contributed by atoms with Gasteiger partial charge in [0, 0.05) is 5.75 Å². The van der Waals surface area contributed by atoms with Crippen LogP contribution in [-0.4, -0.2) is 50.7 Å². The van der Waals surface area contributed by atoms with Crippen molar-refractivity contribution >= 4 is 35.3 Å². The van der Waals surface area contributed by atoms with Crippen LogP contribution < -0.4 is 5.32 Å². The molecule has 0 aliphatic carbocycles. The van der Waals surface area contributed by atoms with Gasteiger partial charge in [0.1, 0.15) is 22.9 Å². The van der Waals surface area contributed by atoms with Crippen LogP contribution in [0.3, 0.4) is 0 Å². The van der Waals surface area contributed by atoms with E-state index in [0.717, 1.165) is 0 Å². The van der Waals surface area contributed by atoms with Crippen molar-refractivity contribution in [3.63, 3.8) is 0 Å². The van der Waals surface area contributed by atoms with Gasteiger partial charge in [0.25, 0.3) is 5.91 Å². The number of carboxylic acid groups (broad SMARTS) is 1. The monoisotopic (exact) mass is 298 g/mol. The first-order valence-electron chi connectivity index (χ1n) is 5.99. The van der Waals surface area contributed by atoms with Gasteiger partial charge in [-0.15, -0.1) is 11.8 Å². The van der Waals surface area contributed by atoms with Crippen LogP contribution in [0.1, 0.15) is 20.3 Å². The van der Waals surface area contributed by atoms with E-state index in [0.29, 0.717) is 11.3 Å². The summed E-state index contributed by atoms with van der Waals surface area (Å²) in [5.74, 6) is -1.90. The van der Waals surface area contributed by atoms with Crippen LogP contribution in [0.25, 0.3) is 0 Å². The number of amides is 2. The number of nitrogens with one attached hydrogen (secondary N) is 1. The standard InChI is InChI=1S/C12H14N2O5S/c1-5-4-20-11-8(13-7(16)3-6(2)15)10(17)14(11)9(5)12(18)19/h8,11H,3-4H2,1-2H3,(H,13,16)(H,18,19)/t8?,11-/m1/s1. The molecule has 7 nitrogen and oxygen atoms in total. The number of carbonyl (C=O) groups is 4. The summed E-state index contributed by atoms with van der Waals surface area (Å²) in [4.78, 5) is 46.7. The lowest BCUT2D eigenvalue weighted by Gasteiger charge is -2.49. The predicted octanol–water partition coefficient (Wildman–Crippen LogP) is -0.276. The second-order valence-corrected chi connectivity index (χ2v) is 5.87. The highest BCUT2D eigenvalue weighted by atomic mass is 32.2. The van der Waals surface area contributed by atoms with Crippen LogP contribution in [0.15, 0.2) is 11.3 Å². The summed E-state index contributed by atoms with van der Waals surface area (Å²) in [6, 6.07) is -0.755. The number of carbonyl (C=O) groups excluding carboxylic acids is 3. The first kappa shape index (κ1) is 14.6. The van der Waals surface area contributed by atoms with Crippen LogP contribution in [-0.2, 0) is 19.2 Å². The van der Waals surface area contributed by atoms with Gasteiger partial charge in [-0.3, -0.25) is 19.3 Å². The van der Waals surface area contributed by atoms with Gasteiger partial charge < -0.3 is 10.4 Å². The molecule has 2 rings (SSSR count). The highest BCUT2D eigenvalue weighted by molar-refractivity contribution is 8.00. The van der Waals surface area contributed by atoms with E-state index in [9.17, 15) is 19.2 Å². The molecule has 1 saturated heterocycles. The maximum absolute atomic E-state index is 12.0. The van der Waals surface area contributed by atoms with E-state index < -0.39 is 29.2 Å². The topological polar surface area (TPSA) is 104 Å². The zero-order chi connectivity index (χ0) is 15.0. The van der Waals surface area contributed by atoms with Crippen molar-refractivity contribution < 1.29 is 24.3 Å². The Balaban J connectivity index is 2.10. The van der Waals surface area contributed by atoms with Crippen LogP contribution >= 0.6 is 11.8 Å². The fourth-order valence-corrected chi connectivity index (χ4v) is 3.52. The zero-order valence-corrected chi connectivity index (χ0v) is 11.8. The quantitative estimate of drug-likeness (QED) is 0.546. The molecular weight excluding hydrogens is 284 g/mol. The first-order chi connectivity index (χ1) is 9.32. The van der Waals surface area contributed by atoms with Crippen LogP contribution in [0.2, 0.25) is 0 Å². The third-order valence-corrected chi connectivity index (χ3v) is 4.51. The molecule has 8 heteroatoms. The number of aliphatic carboxylic acids is 1. The fraction of sp³-hybridized carbons (Fsp3) is 0.500. The van der Waals surface area contributed by atoms with Gasteiger partial charge in [-0.25, -0.2) is 4.79 Å². The molecule has 2 N–H and O–H groups in total. The maximum Gasteiger partial charge on any atom is 0.352 e. The van der Waals surface area contributed by atoms with Crippen molar-refractivity contribution in [1.29, 1.82) is 0 Å². The summed E-state index contributed by atoms with van der Waals surface area (Å²) in [6.45, 7) is 2.96. The third-order valence-electron chi connectivity index (χ3n) is 3.09. The van der Waals surface area contributed by atoms with Crippen molar-refractivity contribution in [2.24, 2.45) is 0 Å². The lowest BCUT2D eigenvalue weighted by molar-refractivity contribution is -0.150. The Kier molecular flexibility index (Phi) is 3.85. The van der Waals surface area contributed by atoms with Gasteiger partial charge in [0.2, 0.25) is 5.91 Å². The van der Waals surface area contributed by atoms with Gasteiger partial charge in [0.15, 0.2) is 0 Å². The normalized spacial score (nSPS) is 24.9. The zero-order valence-electron chi connectivity index (χ0n) is 11.0. The molecule has 2 atom stereocenters. The predicted molar refractivity (Wildman–Crippen MR) is 70.7 cm³/mol. The van der Waals surface area contributed by atoms with E-state index in [-0.39, 0.29) is 17.9 Å². The summed E-state index contributed by atoms with van der Waals surface area (Å²) in [5.41, 5.74) is 0.622. The smallest absolute Gasteiger partial charge is 0.352 e. The minimum Gasteiger partial charge on any atom is -0.477 e. The van der Waals surface area contributed by atoms with Gasteiger partial charge in [-0.05, 0) is 19.4 Å². The summed E-state index contributed by atoms with van der Waals surface area (Å²) in [6.07, 6.45) is -0.276. The van der Waals surface area contributed by atoms with Gasteiger partial charge in [-0.1, -0.05) is 0 Å². The number of Topliss-reactive ketones (excluding diaryl/α,β-unsaturated/α-hetero) is 1. The average molecular weight is 298 g/mol. The molecule has 0 radical (unpaired) electrons. The molecule has 2 heterocycles. The molecule has 2 amide bonds. The molecule has 0 bridgehead atoms. The molecule has 0 aromatic rings. The van der Waals surface area contributed by atoms with E-state index in [4.69, 9.17) is 5.11 Å². The summed E-state index contributed by atoms with van der Waals surface area (Å²) < 4.78 is 0. The van der Waals surface area contributed by atoms with Crippen molar-refractivity contribution in [1.82, 2.24) is 10.2 Å². The SMILES string of the molecule is CC(=O)CC(=O)NC1C(=O)N2C(C(=O)O)=C(C)CS[C@H]12. The van der Waals surface area contributed by atoms with Gasteiger partial charge in [-0.2, -0.15) is 0 Å². The second kappa shape index (κ2) is 5.28. The Morgan fingerprint density at radius 3 is 2.65 bits per heavy atom. The highest BCUT2D eigenvalue weighted by Gasteiger charge is 2.53. The van der Waals surface area contributed by atoms with Gasteiger partial charge in [0.05, 0.1) is 6.42 Å². The van der Waals surface area contributed by atoms with Crippen LogP contribution in [0.4, 0.5) is 0 Å². The molecule has 1 unspecified atom stereocenters. The Bertz CT molecular complexity index is 542. The van der Waals surface area contributed by atoms with Crippen molar-refractivity contribution in [3.05, 3.63) is 11.3 Å². The molecule has 0 spiro atoms. The Hall–Kier alpha value is -1.83. The molecule has 2 aliphatic rings. The van der Waals surface area contributed by atoms with E-state index >= 15 is 0 Å². The van der Waals surface area contributed by atoms with Crippen molar-refractivity contribution in [2.75, 3.05) is 5.75 Å². The van der Waals surface area contributed by atoms with Crippen LogP contribution in [0.5, 0.6) is 0 Å². The molecular formula is C12H14N2O5S. The Labute approximate surface area is 119 Å². The minimum atomic E-state index is -1.14. The molecule has 20 heavy (non-hydrogen) atoms. The number of ketones is 1. The molecule has 2 aliphatic heterocycles. The van der Waals surface area contributed by atoms with E-state index in [1.54, 1.807) is 6.92 Å². The number of rotatable bonds is 4. The second-order valence-electron chi connectivity index (χ2n) is 4.77. The van der Waals surface area contributed by atoms with Crippen molar-refractivity contribution in [2.45, 2.75) is 31.7 Å². The lowest BCUT2D eigenvalue weighted by Crippen LogP contribution is -2.70. The summed E-state index contributed by atoms with van der Waals surface area (Å²) in [7, 11) is 0. The largest absolute Gasteiger partial charge is 0.477 e. The Morgan fingerprint density at radius 2 is 2.10 bits per heavy atom. The maximum atomic E-state index is 12.0. The number of hydrogen-bond donors (Lipinski definition) is 2. The number of nitrogens with zero attached hydrogens (tertiary/aromatic N) is 1.